The molecule has 19 heavy (non-hydrogen) atoms. The van der Waals surface area contributed by atoms with Gasteiger partial charge in [-0.25, -0.2) is 13.1 Å². The van der Waals surface area contributed by atoms with Crippen LogP contribution in [0.15, 0.2) is 16.3 Å². The molecule has 3 N–H and O–H groups in total. The van der Waals surface area contributed by atoms with Crippen LogP contribution in [0.1, 0.15) is 24.1 Å². The average molecular weight is 303 g/mol. The largest absolute Gasteiger partial charge is 0.326 e. The number of nitrogens with zero attached hydrogens (tertiary/aromatic N) is 1. The van der Waals surface area contributed by atoms with Gasteiger partial charge in [0.05, 0.1) is 4.90 Å². The number of piperidine rings is 1. The van der Waals surface area contributed by atoms with Gasteiger partial charge < -0.3 is 10.6 Å². The number of nitrogens with two attached hydrogens (primary N) is 1. The monoisotopic (exact) mass is 303 g/mol. The zero-order valence-electron chi connectivity index (χ0n) is 11.0. The Morgan fingerprint density at radius 1 is 1.32 bits per heavy atom. The molecule has 0 saturated carbocycles. The highest BCUT2D eigenvalue weighted by atomic mass is 32.2. The third kappa shape index (κ3) is 4.00. The van der Waals surface area contributed by atoms with Crippen molar-refractivity contribution in [3.8, 4) is 0 Å². The van der Waals surface area contributed by atoms with Crippen molar-refractivity contribution in [3.63, 3.8) is 0 Å². The number of thiophene rings is 1. The van der Waals surface area contributed by atoms with E-state index in [4.69, 9.17) is 5.73 Å². The van der Waals surface area contributed by atoms with Gasteiger partial charge in [0, 0.05) is 24.5 Å². The summed E-state index contributed by atoms with van der Waals surface area (Å²) < 4.78 is 26.9. The third-order valence-corrected chi connectivity index (χ3v) is 5.97. The lowest BCUT2D eigenvalue weighted by Crippen LogP contribution is -2.37. The van der Waals surface area contributed by atoms with Crippen LogP contribution in [0.5, 0.6) is 0 Å². The first-order valence-corrected chi connectivity index (χ1v) is 8.98. The van der Waals surface area contributed by atoms with E-state index in [1.807, 2.05) is 0 Å². The van der Waals surface area contributed by atoms with Gasteiger partial charge in [0.15, 0.2) is 0 Å². The Hall–Kier alpha value is -0.470. The van der Waals surface area contributed by atoms with E-state index in [0.717, 1.165) is 19.6 Å². The van der Waals surface area contributed by atoms with Crippen LogP contribution in [0.2, 0.25) is 0 Å². The highest BCUT2D eigenvalue weighted by molar-refractivity contribution is 7.89. The van der Waals surface area contributed by atoms with E-state index < -0.39 is 10.0 Å². The van der Waals surface area contributed by atoms with Gasteiger partial charge in [-0.1, -0.05) is 6.42 Å². The molecule has 1 aromatic rings. The summed E-state index contributed by atoms with van der Waals surface area (Å²) in [6.45, 7) is 3.66. The molecule has 0 aromatic carbocycles. The molecule has 5 nitrogen and oxygen atoms in total. The van der Waals surface area contributed by atoms with E-state index in [2.05, 4.69) is 9.62 Å². The van der Waals surface area contributed by atoms with E-state index in [1.165, 1.54) is 30.6 Å². The predicted molar refractivity (Wildman–Crippen MR) is 77.7 cm³/mol. The van der Waals surface area contributed by atoms with Gasteiger partial charge >= 0.3 is 0 Å². The summed E-state index contributed by atoms with van der Waals surface area (Å²) in [6.07, 6.45) is 3.72. The highest BCUT2D eigenvalue weighted by Crippen LogP contribution is 2.20. The molecular formula is C12H21N3O2S2. The molecule has 2 heterocycles. The summed E-state index contributed by atoms with van der Waals surface area (Å²) in [5, 5.41) is 1.77. The fourth-order valence-corrected chi connectivity index (χ4v) is 4.67. The van der Waals surface area contributed by atoms with Crippen molar-refractivity contribution >= 4 is 21.4 Å². The van der Waals surface area contributed by atoms with E-state index in [-0.39, 0.29) is 6.54 Å². The number of hydrogen-bond acceptors (Lipinski definition) is 5. The van der Waals surface area contributed by atoms with Crippen molar-refractivity contribution in [2.24, 2.45) is 5.73 Å². The van der Waals surface area contributed by atoms with Crippen molar-refractivity contribution in [1.82, 2.24) is 9.62 Å². The second-order valence-electron chi connectivity index (χ2n) is 4.71. The first-order valence-electron chi connectivity index (χ1n) is 6.62. The second kappa shape index (κ2) is 6.81. The minimum absolute atomic E-state index is 0.264. The molecule has 0 unspecified atom stereocenters. The van der Waals surface area contributed by atoms with Crippen molar-refractivity contribution in [2.75, 3.05) is 26.2 Å². The summed E-state index contributed by atoms with van der Waals surface area (Å²) in [7, 11) is -3.41. The van der Waals surface area contributed by atoms with Gasteiger partial charge in [0.25, 0.3) is 0 Å². The lowest BCUT2D eigenvalue weighted by atomic mass is 10.1. The Morgan fingerprint density at radius 2 is 2.05 bits per heavy atom. The zero-order valence-corrected chi connectivity index (χ0v) is 12.6. The Balaban J connectivity index is 1.87. The number of hydrogen-bond donors (Lipinski definition) is 2. The number of nitrogens with one attached hydrogen (secondary N) is 1. The standard InChI is InChI=1S/C12H21N3O2S2/c13-10-11-12(4-9-18-11)19(16,17)14-5-8-15-6-2-1-3-7-15/h4,9,14H,1-3,5-8,10,13H2. The molecule has 0 spiro atoms. The number of sulfonamides is 1. The maximum Gasteiger partial charge on any atom is 0.241 e. The smallest absolute Gasteiger partial charge is 0.241 e. The Bertz CT molecular complexity index is 493. The van der Waals surface area contributed by atoms with E-state index in [1.54, 1.807) is 11.4 Å². The second-order valence-corrected chi connectivity index (χ2v) is 7.45. The molecule has 1 aliphatic heterocycles. The maximum atomic E-state index is 12.1. The third-order valence-electron chi connectivity index (χ3n) is 3.35. The molecule has 0 aliphatic carbocycles. The van der Waals surface area contributed by atoms with Crippen molar-refractivity contribution in [2.45, 2.75) is 30.7 Å². The first-order chi connectivity index (χ1) is 9.13. The first kappa shape index (κ1) is 14.9. The molecule has 7 heteroatoms. The van der Waals surface area contributed by atoms with Gasteiger partial charge in [-0.3, -0.25) is 0 Å². The molecule has 108 valence electrons. The van der Waals surface area contributed by atoms with E-state index in [0.29, 0.717) is 16.3 Å². The van der Waals surface area contributed by atoms with Gasteiger partial charge in [-0.2, -0.15) is 0 Å². The number of rotatable bonds is 6. The predicted octanol–water partition coefficient (Wildman–Crippen LogP) is 0.971. The lowest BCUT2D eigenvalue weighted by molar-refractivity contribution is 0.233. The summed E-state index contributed by atoms with van der Waals surface area (Å²) in [5.41, 5.74) is 5.55. The molecular weight excluding hydrogens is 282 g/mol. The Kier molecular flexibility index (Phi) is 5.35. The van der Waals surface area contributed by atoms with Crippen LogP contribution in [0.3, 0.4) is 0 Å². The maximum absolute atomic E-state index is 12.1. The van der Waals surface area contributed by atoms with Crippen LogP contribution < -0.4 is 10.5 Å². The molecule has 0 amide bonds. The summed E-state index contributed by atoms with van der Waals surface area (Å²) in [5.74, 6) is 0. The van der Waals surface area contributed by atoms with Crippen LogP contribution in [-0.2, 0) is 16.6 Å². The summed E-state index contributed by atoms with van der Waals surface area (Å²) >= 11 is 1.38. The topological polar surface area (TPSA) is 75.4 Å². The van der Waals surface area contributed by atoms with Gasteiger partial charge in [0.2, 0.25) is 10.0 Å². The highest BCUT2D eigenvalue weighted by Gasteiger charge is 2.19. The van der Waals surface area contributed by atoms with Crippen LogP contribution in [0.25, 0.3) is 0 Å². The Labute approximate surface area is 118 Å². The molecule has 2 rings (SSSR count). The minimum Gasteiger partial charge on any atom is -0.326 e. The van der Waals surface area contributed by atoms with Crippen molar-refractivity contribution in [1.29, 1.82) is 0 Å². The van der Waals surface area contributed by atoms with E-state index in [9.17, 15) is 8.42 Å². The summed E-state index contributed by atoms with van der Waals surface area (Å²) in [4.78, 5) is 3.35. The van der Waals surface area contributed by atoms with Gasteiger partial charge in [0.1, 0.15) is 0 Å². The lowest BCUT2D eigenvalue weighted by Gasteiger charge is -2.26. The SMILES string of the molecule is NCc1sccc1S(=O)(=O)NCCN1CCCCC1. The zero-order chi connectivity index (χ0) is 13.7. The number of likely N-dealkylation sites (tertiary alicyclic amines) is 1. The quantitative estimate of drug-likeness (QED) is 0.821. The van der Waals surface area contributed by atoms with Crippen LogP contribution in [-0.4, -0.2) is 39.5 Å². The molecule has 1 aliphatic rings. The van der Waals surface area contributed by atoms with Crippen LogP contribution >= 0.6 is 11.3 Å². The molecule has 1 fully saturated rings. The summed E-state index contributed by atoms with van der Waals surface area (Å²) in [6, 6.07) is 1.62. The fraction of sp³-hybridized carbons (Fsp3) is 0.667. The fourth-order valence-electron chi connectivity index (χ4n) is 2.32. The molecule has 1 aromatic heterocycles. The molecule has 0 bridgehead atoms. The van der Waals surface area contributed by atoms with E-state index >= 15 is 0 Å². The van der Waals surface area contributed by atoms with Crippen molar-refractivity contribution in [3.05, 3.63) is 16.3 Å². The van der Waals surface area contributed by atoms with Crippen LogP contribution in [0, 0.1) is 0 Å². The average Bonchev–Trinajstić information content (AvgIpc) is 2.89. The van der Waals surface area contributed by atoms with Crippen LogP contribution in [0.4, 0.5) is 0 Å². The van der Waals surface area contributed by atoms with Gasteiger partial charge in [-0.05, 0) is 37.4 Å². The minimum atomic E-state index is -3.41. The Morgan fingerprint density at radius 3 is 2.74 bits per heavy atom. The van der Waals surface area contributed by atoms with Crippen molar-refractivity contribution < 1.29 is 8.42 Å². The molecule has 1 saturated heterocycles. The molecule has 0 atom stereocenters. The normalized spacial score (nSPS) is 17.7. The molecule has 0 radical (unpaired) electrons. The van der Waals surface area contributed by atoms with Gasteiger partial charge in [-0.15, -0.1) is 11.3 Å².